The van der Waals surface area contributed by atoms with Gasteiger partial charge in [0.25, 0.3) is 0 Å². The molecule has 0 aromatic heterocycles. The fourth-order valence-corrected chi connectivity index (χ4v) is 1.22. The van der Waals surface area contributed by atoms with Crippen LogP contribution in [0.25, 0.3) is 5.53 Å². The molecule has 64 valence electrons. The number of allylic oxidation sites excluding steroid dienone is 1. The molecule has 0 unspecified atom stereocenters. The molecular weight excluding hydrogens is 156 g/mol. The van der Waals surface area contributed by atoms with E-state index in [-0.39, 0.29) is 5.71 Å². The van der Waals surface area contributed by atoms with Crippen molar-refractivity contribution >= 4 is 11.7 Å². The molecule has 0 aromatic carbocycles. The summed E-state index contributed by atoms with van der Waals surface area (Å²) in [7, 11) is 1.27. The summed E-state index contributed by atoms with van der Waals surface area (Å²) in [6.07, 6.45) is 4.62. The summed E-state index contributed by atoms with van der Waals surface area (Å²) in [5.41, 5.74) is 9.35. The molecule has 12 heavy (non-hydrogen) atoms. The molecule has 0 heterocycles. The van der Waals surface area contributed by atoms with Gasteiger partial charge in [-0.1, -0.05) is 6.08 Å². The van der Waals surface area contributed by atoms with Crippen LogP contribution >= 0.6 is 0 Å². The van der Waals surface area contributed by atoms with E-state index in [1.165, 1.54) is 7.11 Å². The van der Waals surface area contributed by atoms with Gasteiger partial charge in [0.15, 0.2) is 0 Å². The number of hydrogen-bond donors (Lipinski definition) is 0. The molecule has 0 N–H and O–H groups in total. The van der Waals surface area contributed by atoms with Crippen molar-refractivity contribution in [2.45, 2.75) is 19.3 Å². The number of nitrogens with zero attached hydrogens (tertiary/aromatic N) is 2. The summed E-state index contributed by atoms with van der Waals surface area (Å²) < 4.78 is 4.45. The van der Waals surface area contributed by atoms with E-state index in [1.807, 2.05) is 6.08 Å². The highest BCUT2D eigenvalue weighted by molar-refractivity contribution is 6.40. The third kappa shape index (κ3) is 1.60. The van der Waals surface area contributed by atoms with Crippen LogP contribution in [0.2, 0.25) is 0 Å². The lowest BCUT2D eigenvalue weighted by atomic mass is 10.1. The Labute approximate surface area is 70.5 Å². The topological polar surface area (TPSA) is 62.7 Å². The van der Waals surface area contributed by atoms with E-state index in [2.05, 4.69) is 9.53 Å². The van der Waals surface area contributed by atoms with Crippen LogP contribution in [-0.4, -0.2) is 23.6 Å². The zero-order valence-corrected chi connectivity index (χ0v) is 6.91. The van der Waals surface area contributed by atoms with Crippen LogP contribution in [0.4, 0.5) is 0 Å². The number of carbonyl (C=O) groups is 1. The lowest BCUT2D eigenvalue weighted by Gasteiger charge is -1.93. The monoisotopic (exact) mass is 166 g/mol. The van der Waals surface area contributed by atoms with Crippen LogP contribution in [0.1, 0.15) is 19.3 Å². The Morgan fingerprint density at radius 3 is 2.92 bits per heavy atom. The van der Waals surface area contributed by atoms with Crippen LogP contribution in [0.5, 0.6) is 0 Å². The maximum absolute atomic E-state index is 11.0. The molecule has 1 rings (SSSR count). The SMILES string of the molecule is COC(=O)C(=[N+]=[N-])C1=CCCC1. The molecule has 0 atom stereocenters. The quantitative estimate of drug-likeness (QED) is 0.265. The van der Waals surface area contributed by atoms with Crippen molar-refractivity contribution < 1.29 is 14.3 Å². The second-order valence-electron chi connectivity index (χ2n) is 2.56. The van der Waals surface area contributed by atoms with Gasteiger partial charge in [0.2, 0.25) is 0 Å². The highest BCUT2D eigenvalue weighted by atomic mass is 16.5. The largest absolute Gasteiger partial charge is 0.460 e. The molecule has 0 aromatic rings. The first-order valence-electron chi connectivity index (χ1n) is 3.79. The molecule has 0 aliphatic heterocycles. The Morgan fingerprint density at radius 2 is 2.50 bits per heavy atom. The van der Waals surface area contributed by atoms with Crippen LogP contribution in [0.15, 0.2) is 11.6 Å². The van der Waals surface area contributed by atoms with E-state index in [4.69, 9.17) is 5.53 Å². The first-order valence-corrected chi connectivity index (χ1v) is 3.79. The van der Waals surface area contributed by atoms with Crippen LogP contribution in [0.3, 0.4) is 0 Å². The molecule has 4 nitrogen and oxygen atoms in total. The smallest absolute Gasteiger partial charge is 0.421 e. The molecule has 1 aliphatic rings. The number of rotatable bonds is 2. The van der Waals surface area contributed by atoms with Gasteiger partial charge < -0.3 is 10.3 Å². The van der Waals surface area contributed by atoms with Gasteiger partial charge in [0.1, 0.15) is 0 Å². The maximum atomic E-state index is 11.0. The first-order chi connectivity index (χ1) is 5.79. The van der Waals surface area contributed by atoms with Crippen LogP contribution < -0.4 is 0 Å². The molecule has 0 saturated heterocycles. The van der Waals surface area contributed by atoms with Crippen molar-refractivity contribution in [3.05, 3.63) is 17.2 Å². The molecule has 0 radical (unpaired) electrons. The third-order valence-corrected chi connectivity index (χ3v) is 1.82. The minimum atomic E-state index is -0.578. The number of hydrogen-bond acceptors (Lipinski definition) is 2. The van der Waals surface area contributed by atoms with Crippen molar-refractivity contribution in [1.29, 1.82) is 0 Å². The number of carbonyl (C=O) groups excluding carboxylic acids is 1. The van der Waals surface area contributed by atoms with Gasteiger partial charge in [-0.05, 0) is 19.3 Å². The first kappa shape index (κ1) is 8.68. The van der Waals surface area contributed by atoms with Crippen molar-refractivity contribution in [2.75, 3.05) is 7.11 Å². The molecule has 0 spiro atoms. The third-order valence-electron chi connectivity index (χ3n) is 1.82. The van der Waals surface area contributed by atoms with E-state index in [0.717, 1.165) is 24.8 Å². The van der Waals surface area contributed by atoms with E-state index in [9.17, 15) is 4.79 Å². The van der Waals surface area contributed by atoms with Crippen molar-refractivity contribution in [3.63, 3.8) is 0 Å². The molecule has 0 saturated carbocycles. The zero-order chi connectivity index (χ0) is 8.97. The standard InChI is InChI=1S/C8H10N2O2/c1-12-8(11)7(10-9)6-4-2-3-5-6/h4H,2-3,5H2,1H3. The Morgan fingerprint density at radius 1 is 1.75 bits per heavy atom. The Bertz CT molecular complexity index is 275. The molecule has 4 heteroatoms. The second-order valence-corrected chi connectivity index (χ2v) is 2.56. The van der Waals surface area contributed by atoms with Gasteiger partial charge in [0.05, 0.1) is 7.11 Å². The fourth-order valence-electron chi connectivity index (χ4n) is 1.22. The van der Waals surface area contributed by atoms with Crippen molar-refractivity contribution in [3.8, 4) is 0 Å². The number of esters is 1. The van der Waals surface area contributed by atoms with Crippen LogP contribution in [0, 0.1) is 0 Å². The lowest BCUT2D eigenvalue weighted by molar-refractivity contribution is -0.137. The Kier molecular flexibility index (Phi) is 2.77. The predicted molar refractivity (Wildman–Crippen MR) is 42.6 cm³/mol. The number of ether oxygens (including phenoxy) is 1. The van der Waals surface area contributed by atoms with Gasteiger partial charge in [-0.3, -0.25) is 0 Å². The molecule has 1 aliphatic carbocycles. The summed E-state index contributed by atoms with van der Waals surface area (Å²) in [6, 6.07) is 0. The molecule has 0 bridgehead atoms. The van der Waals surface area contributed by atoms with E-state index in [0.29, 0.717) is 0 Å². The van der Waals surface area contributed by atoms with Gasteiger partial charge in [-0.15, -0.1) is 0 Å². The van der Waals surface area contributed by atoms with E-state index in [1.54, 1.807) is 0 Å². The van der Waals surface area contributed by atoms with Crippen LogP contribution in [-0.2, 0) is 9.53 Å². The summed E-state index contributed by atoms with van der Waals surface area (Å²) in [5.74, 6) is -0.578. The Balaban J connectivity index is 2.83. The summed E-state index contributed by atoms with van der Waals surface area (Å²) >= 11 is 0. The predicted octanol–water partition coefficient (Wildman–Crippen LogP) is 0.941. The van der Waals surface area contributed by atoms with E-state index < -0.39 is 5.97 Å². The summed E-state index contributed by atoms with van der Waals surface area (Å²) in [6.45, 7) is 0. The Hall–Kier alpha value is -1.41. The van der Waals surface area contributed by atoms with Gasteiger partial charge >= 0.3 is 11.7 Å². The molecule has 0 fully saturated rings. The van der Waals surface area contributed by atoms with Crippen molar-refractivity contribution in [2.24, 2.45) is 0 Å². The van der Waals surface area contributed by atoms with Gasteiger partial charge in [0, 0.05) is 5.57 Å². The molecular formula is C8H10N2O2. The average Bonchev–Trinajstić information content (AvgIpc) is 2.58. The minimum Gasteiger partial charge on any atom is -0.460 e. The highest BCUT2D eigenvalue weighted by Crippen LogP contribution is 2.18. The van der Waals surface area contributed by atoms with Crippen molar-refractivity contribution in [1.82, 2.24) is 0 Å². The highest BCUT2D eigenvalue weighted by Gasteiger charge is 2.27. The normalized spacial score (nSPS) is 14.9. The average molecular weight is 166 g/mol. The maximum Gasteiger partial charge on any atom is 0.421 e. The zero-order valence-electron chi connectivity index (χ0n) is 6.91. The summed E-state index contributed by atoms with van der Waals surface area (Å²) in [5, 5.41) is 0. The minimum absolute atomic E-state index is 0.0370. The van der Waals surface area contributed by atoms with Gasteiger partial charge in [-0.2, -0.15) is 4.79 Å². The fraction of sp³-hybridized carbons (Fsp3) is 0.500. The molecule has 0 amide bonds. The van der Waals surface area contributed by atoms with Gasteiger partial charge in [-0.25, -0.2) is 4.79 Å². The van der Waals surface area contributed by atoms with E-state index >= 15 is 0 Å². The lowest BCUT2D eigenvalue weighted by Crippen LogP contribution is -2.18. The second kappa shape index (κ2) is 3.83. The summed E-state index contributed by atoms with van der Waals surface area (Å²) in [4.78, 5) is 13.9. The number of methoxy groups -OCH3 is 1.